The summed E-state index contributed by atoms with van der Waals surface area (Å²) < 4.78 is 0.318. The number of nitrogens with zero attached hydrogens (tertiary/aromatic N) is 1. The summed E-state index contributed by atoms with van der Waals surface area (Å²) in [6.45, 7) is 2.02. The number of hydrogen-bond acceptors (Lipinski definition) is 2. The maximum atomic E-state index is 12.5. The number of hydrogen-bond donors (Lipinski definition) is 1. The van der Waals surface area contributed by atoms with E-state index in [0.29, 0.717) is 16.6 Å². The minimum Gasteiger partial charge on any atom is -0.311 e. The Morgan fingerprint density at radius 1 is 1.36 bits per heavy atom. The second-order valence-corrected chi connectivity index (χ2v) is 9.74. The molecule has 1 aromatic heterocycles. The van der Waals surface area contributed by atoms with Crippen LogP contribution in [-0.2, 0) is 4.79 Å². The molecule has 1 amide bonds. The fourth-order valence-corrected chi connectivity index (χ4v) is 7.19. The van der Waals surface area contributed by atoms with Gasteiger partial charge in [-0.25, -0.2) is 4.98 Å². The highest BCUT2D eigenvalue weighted by atomic mass is 79.9. The molecule has 5 rings (SSSR count). The van der Waals surface area contributed by atoms with Gasteiger partial charge in [-0.2, -0.15) is 0 Å². The number of aromatic nitrogens is 1. The lowest BCUT2D eigenvalue weighted by molar-refractivity contribution is -0.123. The van der Waals surface area contributed by atoms with Gasteiger partial charge in [-0.15, -0.1) is 0 Å². The molecule has 0 aliphatic heterocycles. The fraction of sp³-hybridized carbons (Fsp3) is 0.667. The Morgan fingerprint density at radius 3 is 2.73 bits per heavy atom. The van der Waals surface area contributed by atoms with Gasteiger partial charge in [0.2, 0.25) is 5.91 Å². The van der Waals surface area contributed by atoms with Crippen molar-refractivity contribution in [1.82, 2.24) is 4.98 Å². The molecular formula is C18H23BrN2O. The summed E-state index contributed by atoms with van der Waals surface area (Å²) >= 11 is 4.01. The number of halogens is 1. The standard InChI is InChI=1S/C18H23BrN2O/c1-12-2-3-20-15(4-12)21-16(22)10-17-6-13-5-14(7-17)9-18(19,8-13)11-17/h2-4,13-14H,5-11H2,1H3,(H,20,21,22)/t13-,14-,17?,18?/m1/s1. The van der Waals surface area contributed by atoms with Crippen molar-refractivity contribution in [3.63, 3.8) is 0 Å². The Labute approximate surface area is 140 Å². The summed E-state index contributed by atoms with van der Waals surface area (Å²) in [4.78, 5) is 16.8. The van der Waals surface area contributed by atoms with Crippen molar-refractivity contribution in [2.24, 2.45) is 17.3 Å². The molecule has 1 aromatic rings. The Morgan fingerprint density at radius 2 is 2.09 bits per heavy atom. The van der Waals surface area contributed by atoms with Crippen LogP contribution in [0.4, 0.5) is 5.82 Å². The first-order valence-electron chi connectivity index (χ1n) is 8.35. The lowest BCUT2D eigenvalue weighted by Gasteiger charge is -2.60. The van der Waals surface area contributed by atoms with Crippen LogP contribution in [-0.4, -0.2) is 15.2 Å². The Bertz CT molecular complexity index is 601. The molecule has 4 saturated carbocycles. The van der Waals surface area contributed by atoms with Crippen molar-refractivity contribution in [2.45, 2.75) is 56.2 Å². The first-order valence-corrected chi connectivity index (χ1v) is 9.15. The van der Waals surface area contributed by atoms with Crippen LogP contribution in [0.3, 0.4) is 0 Å². The molecule has 4 aliphatic carbocycles. The predicted octanol–water partition coefficient (Wildman–Crippen LogP) is 4.45. The normalized spacial score (nSPS) is 39.0. The predicted molar refractivity (Wildman–Crippen MR) is 91.0 cm³/mol. The van der Waals surface area contributed by atoms with Gasteiger partial charge in [-0.3, -0.25) is 4.79 Å². The van der Waals surface area contributed by atoms with Crippen molar-refractivity contribution in [2.75, 3.05) is 5.32 Å². The first-order chi connectivity index (χ1) is 10.4. The van der Waals surface area contributed by atoms with Crippen LogP contribution in [0.25, 0.3) is 0 Å². The van der Waals surface area contributed by atoms with E-state index in [-0.39, 0.29) is 11.3 Å². The van der Waals surface area contributed by atoms with E-state index >= 15 is 0 Å². The van der Waals surface area contributed by atoms with E-state index in [1.165, 1.54) is 38.5 Å². The van der Waals surface area contributed by atoms with E-state index < -0.39 is 0 Å². The van der Waals surface area contributed by atoms with Crippen molar-refractivity contribution in [1.29, 1.82) is 0 Å². The highest BCUT2D eigenvalue weighted by Crippen LogP contribution is 2.65. The molecular weight excluding hydrogens is 340 g/mol. The third-order valence-corrected chi connectivity index (χ3v) is 6.76. The molecule has 0 unspecified atom stereocenters. The molecule has 2 atom stereocenters. The largest absolute Gasteiger partial charge is 0.311 e. The number of carbonyl (C=O) groups excluding carboxylic acids is 1. The number of rotatable bonds is 3. The fourth-order valence-electron chi connectivity index (χ4n) is 5.67. The highest BCUT2D eigenvalue weighted by molar-refractivity contribution is 9.10. The lowest BCUT2D eigenvalue weighted by atomic mass is 9.48. The molecule has 0 spiro atoms. The summed E-state index contributed by atoms with van der Waals surface area (Å²) in [5, 5.41) is 3.00. The van der Waals surface area contributed by atoms with E-state index in [2.05, 4.69) is 26.2 Å². The molecule has 118 valence electrons. The lowest BCUT2D eigenvalue weighted by Crippen LogP contribution is -2.53. The van der Waals surface area contributed by atoms with Gasteiger partial charge in [0.15, 0.2) is 0 Å². The van der Waals surface area contributed by atoms with Gasteiger partial charge in [-0.05, 0) is 80.4 Å². The number of anilines is 1. The third kappa shape index (κ3) is 2.70. The molecule has 3 nitrogen and oxygen atoms in total. The summed E-state index contributed by atoms with van der Waals surface area (Å²) in [7, 11) is 0. The molecule has 0 saturated heterocycles. The number of aryl methyl sites for hydroxylation is 1. The van der Waals surface area contributed by atoms with E-state index in [0.717, 1.165) is 17.4 Å². The van der Waals surface area contributed by atoms with Crippen LogP contribution < -0.4 is 5.32 Å². The van der Waals surface area contributed by atoms with Gasteiger partial charge in [0.05, 0.1) is 0 Å². The summed E-state index contributed by atoms with van der Waals surface area (Å²) in [6.07, 6.45) is 10.1. The number of amides is 1. The van der Waals surface area contributed by atoms with E-state index in [9.17, 15) is 4.79 Å². The number of carbonyl (C=O) groups is 1. The number of alkyl halides is 1. The van der Waals surface area contributed by atoms with E-state index in [4.69, 9.17) is 0 Å². The van der Waals surface area contributed by atoms with Gasteiger partial charge >= 0.3 is 0 Å². The number of pyridine rings is 1. The summed E-state index contributed by atoms with van der Waals surface area (Å²) in [5.74, 6) is 2.47. The molecule has 4 aliphatic rings. The van der Waals surface area contributed by atoms with Crippen LogP contribution >= 0.6 is 15.9 Å². The first kappa shape index (κ1) is 14.7. The Balaban J connectivity index is 1.47. The zero-order valence-corrected chi connectivity index (χ0v) is 14.7. The maximum Gasteiger partial charge on any atom is 0.226 e. The zero-order valence-electron chi connectivity index (χ0n) is 13.1. The SMILES string of the molecule is Cc1ccnc(NC(=O)CC23C[C@H]4C[C@@H](CC(Br)(C4)C2)C3)c1. The second-order valence-electron chi connectivity index (χ2n) is 8.06. The van der Waals surface area contributed by atoms with Crippen molar-refractivity contribution >= 4 is 27.7 Å². The average molecular weight is 363 g/mol. The smallest absolute Gasteiger partial charge is 0.226 e. The maximum absolute atomic E-state index is 12.5. The van der Waals surface area contributed by atoms with Gasteiger partial charge in [-0.1, -0.05) is 15.9 Å². The minimum absolute atomic E-state index is 0.135. The molecule has 0 radical (unpaired) electrons. The quantitative estimate of drug-likeness (QED) is 0.806. The van der Waals surface area contributed by atoms with Gasteiger partial charge in [0.1, 0.15) is 5.82 Å². The van der Waals surface area contributed by atoms with Crippen LogP contribution in [0, 0.1) is 24.2 Å². The average Bonchev–Trinajstić information content (AvgIpc) is 2.34. The van der Waals surface area contributed by atoms with Crippen LogP contribution in [0.2, 0.25) is 0 Å². The third-order valence-electron chi connectivity index (χ3n) is 5.83. The van der Waals surface area contributed by atoms with Crippen LogP contribution in [0.15, 0.2) is 18.3 Å². The Hall–Kier alpha value is -0.900. The van der Waals surface area contributed by atoms with Gasteiger partial charge in [0.25, 0.3) is 0 Å². The Kier molecular flexibility index (Phi) is 3.37. The molecule has 0 aromatic carbocycles. The second kappa shape index (κ2) is 5.05. The van der Waals surface area contributed by atoms with E-state index in [1.54, 1.807) is 6.20 Å². The van der Waals surface area contributed by atoms with Crippen molar-refractivity contribution in [3.05, 3.63) is 23.9 Å². The molecule has 4 bridgehead atoms. The monoisotopic (exact) mass is 362 g/mol. The molecule has 4 heteroatoms. The molecule has 1 N–H and O–H groups in total. The summed E-state index contributed by atoms with van der Waals surface area (Å²) in [5.41, 5.74) is 1.35. The molecule has 1 heterocycles. The van der Waals surface area contributed by atoms with E-state index in [1.807, 2.05) is 19.1 Å². The zero-order chi connectivity index (χ0) is 15.4. The van der Waals surface area contributed by atoms with Gasteiger partial charge in [0, 0.05) is 16.9 Å². The molecule has 22 heavy (non-hydrogen) atoms. The number of nitrogens with one attached hydrogen (secondary N) is 1. The highest BCUT2D eigenvalue weighted by Gasteiger charge is 2.57. The minimum atomic E-state index is 0.135. The van der Waals surface area contributed by atoms with Gasteiger partial charge < -0.3 is 5.32 Å². The summed E-state index contributed by atoms with van der Waals surface area (Å²) in [6, 6.07) is 3.88. The van der Waals surface area contributed by atoms with Crippen LogP contribution in [0.1, 0.15) is 50.5 Å². The van der Waals surface area contributed by atoms with Crippen molar-refractivity contribution in [3.8, 4) is 0 Å². The molecule has 4 fully saturated rings. The van der Waals surface area contributed by atoms with Crippen molar-refractivity contribution < 1.29 is 4.79 Å². The van der Waals surface area contributed by atoms with Crippen LogP contribution in [0.5, 0.6) is 0 Å². The topological polar surface area (TPSA) is 42.0 Å².